The molecule has 142 valence electrons. The molecule has 0 saturated heterocycles. The molecule has 0 amide bonds. The molecular formula is C22H22N4O2. The van der Waals surface area contributed by atoms with Crippen molar-refractivity contribution < 1.29 is 4.74 Å². The largest absolute Gasteiger partial charge is 0.495 e. The smallest absolute Gasteiger partial charge is 0.282 e. The maximum Gasteiger partial charge on any atom is 0.282 e. The van der Waals surface area contributed by atoms with Gasteiger partial charge in [-0.05, 0) is 50.1 Å². The summed E-state index contributed by atoms with van der Waals surface area (Å²) in [6, 6.07) is 11.9. The molecule has 3 heterocycles. The SMILES string of the molecule is CCc1cccc(-n2c(C)c3cnn(-c4ccc(OC)cn4)c(=O)c3c2C)c1. The minimum atomic E-state index is -0.179. The van der Waals surface area contributed by atoms with E-state index in [-0.39, 0.29) is 5.56 Å². The molecule has 0 aliphatic carbocycles. The van der Waals surface area contributed by atoms with E-state index in [2.05, 4.69) is 45.8 Å². The Morgan fingerprint density at radius 1 is 1.07 bits per heavy atom. The highest BCUT2D eigenvalue weighted by atomic mass is 16.5. The van der Waals surface area contributed by atoms with Crippen LogP contribution in [0.3, 0.4) is 0 Å². The molecule has 0 aliphatic rings. The maximum absolute atomic E-state index is 13.2. The molecule has 28 heavy (non-hydrogen) atoms. The van der Waals surface area contributed by atoms with Crippen LogP contribution in [0.25, 0.3) is 22.3 Å². The van der Waals surface area contributed by atoms with E-state index in [0.29, 0.717) is 17.0 Å². The fraction of sp³-hybridized carbons (Fsp3) is 0.227. The molecule has 0 unspecified atom stereocenters. The third-order valence-corrected chi connectivity index (χ3v) is 5.15. The molecule has 6 heteroatoms. The van der Waals surface area contributed by atoms with Gasteiger partial charge in [0, 0.05) is 22.5 Å². The summed E-state index contributed by atoms with van der Waals surface area (Å²) in [6.07, 6.45) is 4.28. The number of fused-ring (bicyclic) bond motifs is 1. The van der Waals surface area contributed by atoms with E-state index in [1.54, 1.807) is 31.6 Å². The number of aryl methyl sites for hydroxylation is 3. The predicted molar refractivity (Wildman–Crippen MR) is 110 cm³/mol. The van der Waals surface area contributed by atoms with Crippen molar-refractivity contribution in [3.05, 3.63) is 76.1 Å². The second kappa shape index (κ2) is 6.96. The van der Waals surface area contributed by atoms with Crippen LogP contribution in [0, 0.1) is 13.8 Å². The van der Waals surface area contributed by atoms with Gasteiger partial charge in [-0.3, -0.25) is 4.79 Å². The number of hydrogen-bond donors (Lipinski definition) is 0. The highest BCUT2D eigenvalue weighted by Gasteiger charge is 2.18. The lowest BCUT2D eigenvalue weighted by Crippen LogP contribution is -2.22. The summed E-state index contributed by atoms with van der Waals surface area (Å²) in [6.45, 7) is 6.13. The third-order valence-electron chi connectivity index (χ3n) is 5.15. The zero-order chi connectivity index (χ0) is 19.8. The second-order valence-electron chi connectivity index (χ2n) is 6.74. The maximum atomic E-state index is 13.2. The molecule has 0 saturated carbocycles. The molecule has 0 fully saturated rings. The molecule has 0 radical (unpaired) electrons. The summed E-state index contributed by atoms with van der Waals surface area (Å²) >= 11 is 0. The van der Waals surface area contributed by atoms with E-state index in [4.69, 9.17) is 4.74 Å². The first-order valence-electron chi connectivity index (χ1n) is 9.24. The molecule has 0 N–H and O–H groups in total. The Morgan fingerprint density at radius 2 is 1.89 bits per heavy atom. The van der Waals surface area contributed by atoms with Crippen LogP contribution in [0.2, 0.25) is 0 Å². The van der Waals surface area contributed by atoms with Crippen molar-refractivity contribution in [2.45, 2.75) is 27.2 Å². The average molecular weight is 374 g/mol. The number of ether oxygens (including phenoxy) is 1. The van der Waals surface area contributed by atoms with Crippen LogP contribution in [0.5, 0.6) is 5.75 Å². The van der Waals surface area contributed by atoms with Crippen LogP contribution < -0.4 is 10.3 Å². The lowest BCUT2D eigenvalue weighted by molar-refractivity contribution is 0.412. The summed E-state index contributed by atoms with van der Waals surface area (Å²) in [5, 5.41) is 5.88. The molecule has 3 aromatic heterocycles. The number of methoxy groups -OCH3 is 1. The van der Waals surface area contributed by atoms with Gasteiger partial charge in [0.15, 0.2) is 5.82 Å². The quantitative estimate of drug-likeness (QED) is 0.546. The van der Waals surface area contributed by atoms with Crippen molar-refractivity contribution in [1.82, 2.24) is 19.3 Å². The van der Waals surface area contributed by atoms with E-state index < -0.39 is 0 Å². The molecule has 1 aromatic carbocycles. The molecule has 0 aliphatic heterocycles. The molecule has 4 aromatic rings. The molecule has 0 atom stereocenters. The fourth-order valence-corrected chi connectivity index (χ4v) is 3.65. The Bertz CT molecular complexity index is 1220. The van der Waals surface area contributed by atoms with E-state index >= 15 is 0 Å². The number of aromatic nitrogens is 4. The van der Waals surface area contributed by atoms with E-state index in [1.165, 1.54) is 10.2 Å². The van der Waals surface area contributed by atoms with Gasteiger partial charge in [-0.15, -0.1) is 0 Å². The highest BCUT2D eigenvalue weighted by Crippen LogP contribution is 2.26. The first kappa shape index (κ1) is 18.0. The Kier molecular flexibility index (Phi) is 4.47. The Balaban J connectivity index is 1.94. The second-order valence-corrected chi connectivity index (χ2v) is 6.74. The lowest BCUT2D eigenvalue weighted by Gasteiger charge is -2.10. The topological polar surface area (TPSA) is 61.9 Å². The summed E-state index contributed by atoms with van der Waals surface area (Å²) in [7, 11) is 1.58. The Hall–Kier alpha value is -3.41. The minimum absolute atomic E-state index is 0.179. The van der Waals surface area contributed by atoms with Crippen LogP contribution in [0.4, 0.5) is 0 Å². The third kappa shape index (κ3) is 2.78. The number of pyridine rings is 1. The van der Waals surface area contributed by atoms with E-state index in [1.807, 2.05) is 13.8 Å². The van der Waals surface area contributed by atoms with Crippen molar-refractivity contribution >= 4 is 10.8 Å². The summed E-state index contributed by atoms with van der Waals surface area (Å²) < 4.78 is 8.60. The van der Waals surface area contributed by atoms with Gasteiger partial charge in [-0.25, -0.2) is 4.98 Å². The van der Waals surface area contributed by atoms with Gasteiger partial charge in [0.2, 0.25) is 0 Å². The molecular weight excluding hydrogens is 352 g/mol. The van der Waals surface area contributed by atoms with Gasteiger partial charge in [0.25, 0.3) is 5.56 Å². The van der Waals surface area contributed by atoms with Crippen molar-refractivity contribution in [2.75, 3.05) is 7.11 Å². The lowest BCUT2D eigenvalue weighted by atomic mass is 10.1. The number of benzene rings is 1. The fourth-order valence-electron chi connectivity index (χ4n) is 3.65. The van der Waals surface area contributed by atoms with E-state index in [9.17, 15) is 4.79 Å². The van der Waals surface area contributed by atoms with Gasteiger partial charge in [-0.1, -0.05) is 19.1 Å². The van der Waals surface area contributed by atoms with Gasteiger partial charge in [0.05, 0.1) is 24.9 Å². The predicted octanol–water partition coefficient (Wildman–Crippen LogP) is 3.76. The number of hydrogen-bond acceptors (Lipinski definition) is 4. The van der Waals surface area contributed by atoms with E-state index in [0.717, 1.165) is 28.9 Å². The molecule has 6 nitrogen and oxygen atoms in total. The molecule has 0 bridgehead atoms. The van der Waals surface area contributed by atoms with Crippen LogP contribution in [0.1, 0.15) is 23.9 Å². The monoisotopic (exact) mass is 374 g/mol. The number of rotatable bonds is 4. The summed E-state index contributed by atoms with van der Waals surface area (Å²) in [5.41, 5.74) is 4.03. The summed E-state index contributed by atoms with van der Waals surface area (Å²) in [5.74, 6) is 1.09. The van der Waals surface area contributed by atoms with Crippen molar-refractivity contribution in [3.63, 3.8) is 0 Å². The highest BCUT2D eigenvalue weighted by molar-refractivity contribution is 5.88. The van der Waals surface area contributed by atoms with Gasteiger partial charge < -0.3 is 9.30 Å². The first-order chi connectivity index (χ1) is 13.5. The minimum Gasteiger partial charge on any atom is -0.495 e. The normalized spacial score (nSPS) is 11.1. The van der Waals surface area contributed by atoms with Gasteiger partial charge in [0.1, 0.15) is 5.75 Å². The Labute approximate surface area is 163 Å². The zero-order valence-corrected chi connectivity index (χ0v) is 16.4. The summed E-state index contributed by atoms with van der Waals surface area (Å²) in [4.78, 5) is 17.5. The van der Waals surface area contributed by atoms with Gasteiger partial charge in [-0.2, -0.15) is 9.78 Å². The Morgan fingerprint density at radius 3 is 2.57 bits per heavy atom. The van der Waals surface area contributed by atoms with Gasteiger partial charge >= 0.3 is 0 Å². The number of nitrogens with zero attached hydrogens (tertiary/aromatic N) is 4. The van der Waals surface area contributed by atoms with Crippen LogP contribution in [0.15, 0.2) is 53.6 Å². The standard InChI is InChI=1S/C22H22N4O2/c1-5-16-7-6-8-17(11-16)25-14(2)19-13-24-26(22(27)21(19)15(25)3)20-10-9-18(28-4)12-23-20/h6-13H,5H2,1-4H3. The van der Waals surface area contributed by atoms with Crippen molar-refractivity contribution in [1.29, 1.82) is 0 Å². The van der Waals surface area contributed by atoms with Crippen molar-refractivity contribution in [2.24, 2.45) is 0 Å². The van der Waals surface area contributed by atoms with Crippen molar-refractivity contribution in [3.8, 4) is 17.3 Å². The average Bonchev–Trinajstić information content (AvgIpc) is 2.99. The van der Waals surface area contributed by atoms with Crippen LogP contribution in [-0.2, 0) is 6.42 Å². The van der Waals surface area contributed by atoms with Crippen LogP contribution >= 0.6 is 0 Å². The zero-order valence-electron chi connectivity index (χ0n) is 16.4. The van der Waals surface area contributed by atoms with Crippen LogP contribution in [-0.4, -0.2) is 26.4 Å². The molecule has 0 spiro atoms. The first-order valence-corrected chi connectivity index (χ1v) is 9.24. The molecule has 4 rings (SSSR count).